The summed E-state index contributed by atoms with van der Waals surface area (Å²) in [7, 11) is -2.23. The molecule has 2 saturated carbocycles. The van der Waals surface area contributed by atoms with Crippen molar-refractivity contribution in [2.45, 2.75) is 74.3 Å². The van der Waals surface area contributed by atoms with Gasteiger partial charge >= 0.3 is 6.03 Å². The number of ether oxygens (including phenoxy) is 2. The fraction of sp³-hybridized carbons (Fsp3) is 0.533. The fourth-order valence-corrected chi connectivity index (χ4v) is 8.03. The van der Waals surface area contributed by atoms with E-state index in [9.17, 15) is 22.8 Å². The van der Waals surface area contributed by atoms with Crippen LogP contribution in [0.4, 0.5) is 4.79 Å². The zero-order chi connectivity index (χ0) is 31.1. The molecule has 3 fully saturated rings. The molecule has 4 unspecified atom stereocenters. The van der Waals surface area contributed by atoms with Gasteiger partial charge in [0.25, 0.3) is 5.91 Å². The first-order valence-electron chi connectivity index (χ1n) is 15.0. The first kappa shape index (κ1) is 30.6. The van der Waals surface area contributed by atoms with Crippen molar-refractivity contribution in [3.05, 3.63) is 41.0 Å². The Labute approximate surface area is 264 Å². The highest BCUT2D eigenvalue weighted by Gasteiger charge is 2.62. The maximum absolute atomic E-state index is 13.9. The summed E-state index contributed by atoms with van der Waals surface area (Å²) in [5.41, 5.74) is -1.40. The Kier molecular flexibility index (Phi) is 8.48. The number of rotatable bonds is 6. The topological polar surface area (TPSA) is 156 Å². The number of aromatic nitrogens is 1. The van der Waals surface area contributed by atoms with Crippen molar-refractivity contribution in [2.24, 2.45) is 5.92 Å². The number of allylic oxidation sites excluding steroid dienone is 1. The number of pyridine rings is 1. The molecule has 3 heterocycles. The van der Waals surface area contributed by atoms with Crippen LogP contribution in [0.3, 0.4) is 0 Å². The number of nitrogens with zero attached hydrogens (tertiary/aromatic N) is 2. The van der Waals surface area contributed by atoms with E-state index in [2.05, 4.69) is 36.3 Å². The molecule has 3 N–H and O–H groups in total. The molecule has 2 aliphatic heterocycles. The van der Waals surface area contributed by atoms with Crippen LogP contribution < -0.4 is 24.8 Å². The molecule has 2 aromatic rings. The average Bonchev–Trinajstić information content (AvgIpc) is 3.92. The third-order valence-corrected chi connectivity index (χ3v) is 11.4. The van der Waals surface area contributed by atoms with E-state index in [1.54, 1.807) is 19.4 Å². The number of carbonyl (C=O) groups excluding carboxylic acids is 3. The van der Waals surface area contributed by atoms with E-state index in [4.69, 9.17) is 9.47 Å². The number of hydrogen-bond donors (Lipinski definition) is 3. The van der Waals surface area contributed by atoms with Gasteiger partial charge < -0.3 is 25.0 Å². The molecule has 236 valence electrons. The molecular weight excluding hydrogens is 654 g/mol. The summed E-state index contributed by atoms with van der Waals surface area (Å²) in [5.74, 6) is -0.607. The second-order valence-corrected chi connectivity index (χ2v) is 14.6. The van der Waals surface area contributed by atoms with Crippen LogP contribution in [0, 0.1) is 5.92 Å². The zero-order valence-electron chi connectivity index (χ0n) is 24.4. The van der Waals surface area contributed by atoms with Gasteiger partial charge in [0.05, 0.1) is 23.4 Å². The number of urea groups is 1. The number of fused-ring (bicyclic) bond motifs is 3. The lowest BCUT2D eigenvalue weighted by molar-refractivity contribution is -0.131. The van der Waals surface area contributed by atoms with Crippen LogP contribution in [0.15, 0.2) is 41.0 Å². The molecule has 44 heavy (non-hydrogen) atoms. The molecule has 12 nitrogen and oxygen atoms in total. The number of halogens is 1. The van der Waals surface area contributed by atoms with Gasteiger partial charge in [0.15, 0.2) is 0 Å². The molecule has 4 amide bonds. The van der Waals surface area contributed by atoms with Gasteiger partial charge in [-0.25, -0.2) is 18.2 Å². The van der Waals surface area contributed by atoms with Crippen molar-refractivity contribution < 1.29 is 32.3 Å². The molecule has 4 aliphatic rings. The summed E-state index contributed by atoms with van der Waals surface area (Å²) in [6.45, 7) is 0.589. The van der Waals surface area contributed by atoms with E-state index in [0.717, 1.165) is 40.9 Å². The Morgan fingerprint density at radius 3 is 2.75 bits per heavy atom. The van der Waals surface area contributed by atoms with Gasteiger partial charge in [0.2, 0.25) is 21.8 Å². The van der Waals surface area contributed by atoms with Crippen LogP contribution in [0.25, 0.3) is 10.8 Å². The van der Waals surface area contributed by atoms with Gasteiger partial charge in [-0.3, -0.25) is 14.3 Å². The maximum Gasteiger partial charge on any atom is 0.318 e. The first-order chi connectivity index (χ1) is 21.1. The molecule has 0 bridgehead atoms. The predicted molar refractivity (Wildman–Crippen MR) is 166 cm³/mol. The summed E-state index contributed by atoms with van der Waals surface area (Å²) in [4.78, 5) is 46.5. The number of hydrogen-bond acceptors (Lipinski definition) is 8. The molecule has 1 saturated heterocycles. The third-order valence-electron chi connectivity index (χ3n) is 8.79. The Hall–Kier alpha value is -3.39. The lowest BCUT2D eigenvalue weighted by atomic mass is 10.1. The minimum atomic E-state index is -3.81. The molecule has 14 heteroatoms. The molecule has 4 atom stereocenters. The number of sulfonamides is 1. The van der Waals surface area contributed by atoms with Gasteiger partial charge in [-0.1, -0.05) is 18.6 Å². The molecule has 1 aromatic heterocycles. The van der Waals surface area contributed by atoms with E-state index >= 15 is 0 Å². The molecule has 2 aliphatic carbocycles. The highest BCUT2D eigenvalue weighted by molar-refractivity contribution is 9.10. The van der Waals surface area contributed by atoms with Gasteiger partial charge in [-0.05, 0) is 72.7 Å². The SMILES string of the molecule is COc1ccc2c(OC3CC4C(=O)NC5(C(=O)NS(=O)(=O)C6CC6)CC5/C=C/CCCCCNC(=O)N4C3)nccc2c1Br. The van der Waals surface area contributed by atoms with Crippen molar-refractivity contribution in [3.63, 3.8) is 0 Å². The minimum absolute atomic E-state index is 0.123. The van der Waals surface area contributed by atoms with Crippen molar-refractivity contribution in [2.75, 3.05) is 20.2 Å². The maximum atomic E-state index is 13.9. The van der Waals surface area contributed by atoms with Gasteiger partial charge in [-0.15, -0.1) is 0 Å². The number of amides is 4. The number of benzene rings is 1. The highest BCUT2D eigenvalue weighted by atomic mass is 79.9. The minimum Gasteiger partial charge on any atom is -0.496 e. The number of carbonyl (C=O) groups is 3. The molecule has 6 rings (SSSR count). The summed E-state index contributed by atoms with van der Waals surface area (Å²) < 4.78 is 39.9. The quantitative estimate of drug-likeness (QED) is 0.391. The number of methoxy groups -OCH3 is 1. The smallest absolute Gasteiger partial charge is 0.318 e. The van der Waals surface area contributed by atoms with Crippen molar-refractivity contribution in [1.82, 2.24) is 25.2 Å². The number of nitrogens with one attached hydrogen (secondary N) is 3. The summed E-state index contributed by atoms with van der Waals surface area (Å²) in [6.07, 6.45) is 9.77. The fourth-order valence-electron chi connectivity index (χ4n) is 6.02. The van der Waals surface area contributed by atoms with E-state index in [1.807, 2.05) is 24.3 Å². The monoisotopic (exact) mass is 689 g/mol. The lowest BCUT2D eigenvalue weighted by Crippen LogP contribution is -2.57. The summed E-state index contributed by atoms with van der Waals surface area (Å²) >= 11 is 3.57. The Balaban J connectivity index is 1.26. The van der Waals surface area contributed by atoms with Crippen molar-refractivity contribution in [1.29, 1.82) is 0 Å². The van der Waals surface area contributed by atoms with Crippen molar-refractivity contribution in [3.8, 4) is 11.6 Å². The zero-order valence-corrected chi connectivity index (χ0v) is 26.8. The summed E-state index contributed by atoms with van der Waals surface area (Å²) in [6, 6.07) is 4.14. The first-order valence-corrected chi connectivity index (χ1v) is 17.3. The van der Waals surface area contributed by atoms with Gasteiger partial charge in [0, 0.05) is 35.9 Å². The second kappa shape index (κ2) is 12.2. The van der Waals surface area contributed by atoms with Crippen LogP contribution in [0.5, 0.6) is 11.6 Å². The summed E-state index contributed by atoms with van der Waals surface area (Å²) in [5, 5.41) is 6.78. The van der Waals surface area contributed by atoms with Crippen LogP contribution >= 0.6 is 15.9 Å². The highest BCUT2D eigenvalue weighted by Crippen LogP contribution is 2.46. The van der Waals surface area contributed by atoms with Crippen molar-refractivity contribution >= 4 is 54.6 Å². The van der Waals surface area contributed by atoms with E-state index in [-0.39, 0.29) is 25.3 Å². The predicted octanol–water partition coefficient (Wildman–Crippen LogP) is 3.15. The van der Waals surface area contributed by atoms with Crippen LogP contribution in [0.2, 0.25) is 0 Å². The standard InChI is InChI=1S/C30H36BrN5O7S/c1-42-24-11-10-22-21(25(24)31)12-14-32-27(22)43-19-15-23-26(37)34-30(28(38)35-44(40,41)20-8-9-20)16-18(30)7-5-3-2-4-6-13-33-29(39)36(23)17-19/h5,7,10-12,14,18-20,23H,2-4,6,8-9,13,15-17H2,1H3,(H,33,39)(H,34,37)(H,35,38)/b7-5+. The molecule has 0 spiro atoms. The Bertz CT molecular complexity index is 1610. The largest absolute Gasteiger partial charge is 0.496 e. The van der Waals surface area contributed by atoms with Crippen LogP contribution in [-0.4, -0.2) is 79.3 Å². The normalized spacial score (nSPS) is 28.4. The van der Waals surface area contributed by atoms with E-state index in [1.165, 1.54) is 4.90 Å². The average molecular weight is 691 g/mol. The van der Waals surface area contributed by atoms with Crippen LogP contribution in [-0.2, 0) is 19.6 Å². The van der Waals surface area contributed by atoms with E-state index < -0.39 is 50.8 Å². The van der Waals surface area contributed by atoms with Gasteiger partial charge in [-0.2, -0.15) is 0 Å². The molecule has 0 radical (unpaired) electrons. The third kappa shape index (κ3) is 6.10. The molecule has 1 aromatic carbocycles. The lowest BCUT2D eigenvalue weighted by Gasteiger charge is -2.26. The van der Waals surface area contributed by atoms with Gasteiger partial charge in [0.1, 0.15) is 23.4 Å². The van der Waals surface area contributed by atoms with E-state index in [0.29, 0.717) is 31.0 Å². The van der Waals surface area contributed by atoms with Crippen LogP contribution in [0.1, 0.15) is 51.4 Å². The Morgan fingerprint density at radius 2 is 1.98 bits per heavy atom. The Morgan fingerprint density at radius 1 is 1.16 bits per heavy atom. The second-order valence-electron chi connectivity index (χ2n) is 11.9. The molecular formula is C30H36BrN5O7S.